The highest BCUT2D eigenvalue weighted by Gasteiger charge is 2.24. The summed E-state index contributed by atoms with van der Waals surface area (Å²) in [5.74, 6) is 1.72. The molecule has 3 heteroatoms. The fourth-order valence-corrected chi connectivity index (χ4v) is 2.09. The summed E-state index contributed by atoms with van der Waals surface area (Å²) in [6, 6.07) is 4.49. The Morgan fingerprint density at radius 3 is 2.75 bits per heavy atom. The molecule has 0 saturated carbocycles. The van der Waals surface area contributed by atoms with Gasteiger partial charge in [0.05, 0.1) is 13.2 Å². The quantitative estimate of drug-likeness (QED) is 0.851. The number of ether oxygens (including phenoxy) is 2. The Hall–Kier alpha value is -1.38. The molecule has 0 radical (unpaired) electrons. The first-order chi connectivity index (χ1) is 7.61. The van der Waals surface area contributed by atoms with Crippen molar-refractivity contribution in [3.63, 3.8) is 0 Å². The van der Waals surface area contributed by atoms with Crippen molar-refractivity contribution in [1.82, 2.24) is 0 Å². The zero-order valence-electron chi connectivity index (χ0n) is 10.3. The van der Waals surface area contributed by atoms with Crippen molar-refractivity contribution in [2.75, 3.05) is 12.4 Å². The first kappa shape index (κ1) is 11.1. The molecule has 0 bridgehead atoms. The smallest absolute Gasteiger partial charge is 0.166 e. The predicted octanol–water partition coefficient (Wildman–Crippen LogP) is 2.84. The minimum absolute atomic E-state index is 0.163. The molecule has 0 amide bonds. The molecule has 1 aromatic rings. The van der Waals surface area contributed by atoms with E-state index >= 15 is 0 Å². The summed E-state index contributed by atoms with van der Waals surface area (Å²) in [5, 5.41) is 3.43. The van der Waals surface area contributed by atoms with Crippen LogP contribution in [0.4, 0.5) is 5.69 Å². The fourth-order valence-electron chi connectivity index (χ4n) is 2.09. The van der Waals surface area contributed by atoms with Gasteiger partial charge in [-0.05, 0) is 39.3 Å². The van der Waals surface area contributed by atoms with Gasteiger partial charge >= 0.3 is 0 Å². The third-order valence-electron chi connectivity index (χ3n) is 2.71. The van der Waals surface area contributed by atoms with Crippen molar-refractivity contribution >= 4 is 5.69 Å². The van der Waals surface area contributed by atoms with Gasteiger partial charge in [-0.1, -0.05) is 0 Å². The van der Waals surface area contributed by atoms with Crippen LogP contribution in [-0.2, 0) is 6.42 Å². The van der Waals surface area contributed by atoms with Gasteiger partial charge in [0, 0.05) is 17.3 Å². The summed E-state index contributed by atoms with van der Waals surface area (Å²) < 4.78 is 11.2. The Morgan fingerprint density at radius 2 is 2.12 bits per heavy atom. The van der Waals surface area contributed by atoms with Gasteiger partial charge in [-0.25, -0.2) is 0 Å². The van der Waals surface area contributed by atoms with E-state index < -0.39 is 0 Å². The lowest BCUT2D eigenvalue weighted by molar-refractivity contribution is 0.228. The molecule has 2 rings (SSSR count). The van der Waals surface area contributed by atoms with Crippen molar-refractivity contribution in [3.05, 3.63) is 17.7 Å². The van der Waals surface area contributed by atoms with Crippen LogP contribution >= 0.6 is 0 Å². The lowest BCUT2D eigenvalue weighted by atomic mass is 10.1. The van der Waals surface area contributed by atoms with Gasteiger partial charge in [0.15, 0.2) is 11.5 Å². The molecular formula is C13H19NO2. The van der Waals surface area contributed by atoms with Gasteiger partial charge in [-0.2, -0.15) is 0 Å². The maximum absolute atomic E-state index is 5.86. The summed E-state index contributed by atoms with van der Waals surface area (Å²) in [6.07, 6.45) is 1.16. The largest absolute Gasteiger partial charge is 0.493 e. The van der Waals surface area contributed by atoms with E-state index in [0.717, 1.165) is 17.9 Å². The summed E-state index contributed by atoms with van der Waals surface area (Å²) in [6.45, 7) is 6.24. The van der Waals surface area contributed by atoms with Crippen molar-refractivity contribution in [2.45, 2.75) is 39.3 Å². The molecular weight excluding hydrogens is 202 g/mol. The van der Waals surface area contributed by atoms with E-state index in [2.05, 4.69) is 18.3 Å². The van der Waals surface area contributed by atoms with Crippen LogP contribution in [0, 0.1) is 0 Å². The van der Waals surface area contributed by atoms with E-state index in [4.69, 9.17) is 9.47 Å². The number of rotatable bonds is 3. The first-order valence-corrected chi connectivity index (χ1v) is 5.75. The molecule has 3 nitrogen and oxygen atoms in total. The minimum atomic E-state index is 0.163. The number of fused-ring (bicyclic) bond motifs is 1. The van der Waals surface area contributed by atoms with E-state index in [-0.39, 0.29) is 6.10 Å². The molecule has 0 fully saturated rings. The normalized spacial score (nSPS) is 18.2. The number of nitrogens with one attached hydrogen (secondary N) is 1. The van der Waals surface area contributed by atoms with Crippen molar-refractivity contribution in [3.8, 4) is 11.5 Å². The highest BCUT2D eigenvalue weighted by atomic mass is 16.5. The van der Waals surface area contributed by atoms with Gasteiger partial charge in [0.25, 0.3) is 0 Å². The van der Waals surface area contributed by atoms with E-state index in [1.165, 1.54) is 11.3 Å². The molecule has 0 spiro atoms. The number of benzene rings is 1. The van der Waals surface area contributed by atoms with E-state index in [1.54, 1.807) is 7.11 Å². The Bertz CT molecular complexity index is 388. The summed E-state index contributed by atoms with van der Waals surface area (Å²) in [4.78, 5) is 0. The lowest BCUT2D eigenvalue weighted by Crippen LogP contribution is -2.09. The number of hydrogen-bond acceptors (Lipinski definition) is 3. The molecule has 16 heavy (non-hydrogen) atoms. The van der Waals surface area contributed by atoms with Crippen LogP contribution < -0.4 is 14.8 Å². The zero-order valence-corrected chi connectivity index (χ0v) is 10.3. The predicted molar refractivity (Wildman–Crippen MR) is 65.5 cm³/mol. The van der Waals surface area contributed by atoms with Crippen LogP contribution in [0.25, 0.3) is 0 Å². The Labute approximate surface area is 96.8 Å². The molecule has 1 unspecified atom stereocenters. The fraction of sp³-hybridized carbons (Fsp3) is 0.538. The standard InChI is InChI=1S/C13H19NO2/c1-8(2)16-13-10-7-9(3)14-11(10)5-6-12(13)15-4/h5-6,8-9,14H,7H2,1-4H3. The molecule has 88 valence electrons. The SMILES string of the molecule is COc1ccc2c(c1OC(C)C)CC(C)N2. The Kier molecular flexibility index (Phi) is 2.95. The molecule has 1 aromatic carbocycles. The molecule has 1 aliphatic heterocycles. The van der Waals surface area contributed by atoms with Crippen LogP contribution in [0.2, 0.25) is 0 Å². The monoisotopic (exact) mass is 221 g/mol. The lowest BCUT2D eigenvalue weighted by Gasteiger charge is -2.16. The second-order valence-electron chi connectivity index (χ2n) is 4.54. The van der Waals surface area contributed by atoms with Crippen LogP contribution in [0.5, 0.6) is 11.5 Å². The molecule has 0 saturated heterocycles. The third kappa shape index (κ3) is 1.94. The van der Waals surface area contributed by atoms with Crippen molar-refractivity contribution < 1.29 is 9.47 Å². The third-order valence-corrected chi connectivity index (χ3v) is 2.71. The van der Waals surface area contributed by atoms with Gasteiger partial charge in [0.1, 0.15) is 0 Å². The second kappa shape index (κ2) is 4.24. The highest BCUT2D eigenvalue weighted by Crippen LogP contribution is 2.41. The molecule has 0 aromatic heterocycles. The van der Waals surface area contributed by atoms with Crippen molar-refractivity contribution in [2.24, 2.45) is 0 Å². The maximum atomic E-state index is 5.86. The van der Waals surface area contributed by atoms with E-state index in [9.17, 15) is 0 Å². The number of methoxy groups -OCH3 is 1. The van der Waals surface area contributed by atoms with Gasteiger partial charge in [-0.15, -0.1) is 0 Å². The highest BCUT2D eigenvalue weighted by molar-refractivity contribution is 5.66. The summed E-state index contributed by atoms with van der Waals surface area (Å²) in [5.41, 5.74) is 2.41. The van der Waals surface area contributed by atoms with Gasteiger partial charge in [-0.3, -0.25) is 0 Å². The average molecular weight is 221 g/mol. The molecule has 1 atom stereocenters. The van der Waals surface area contributed by atoms with Crippen LogP contribution in [0.1, 0.15) is 26.3 Å². The zero-order chi connectivity index (χ0) is 11.7. The summed E-state index contributed by atoms with van der Waals surface area (Å²) in [7, 11) is 1.68. The number of anilines is 1. The van der Waals surface area contributed by atoms with Crippen LogP contribution in [-0.4, -0.2) is 19.3 Å². The molecule has 1 heterocycles. The Balaban J connectivity index is 2.42. The number of hydrogen-bond donors (Lipinski definition) is 1. The molecule has 0 aliphatic carbocycles. The van der Waals surface area contributed by atoms with E-state index in [0.29, 0.717) is 6.04 Å². The Morgan fingerprint density at radius 1 is 1.38 bits per heavy atom. The van der Waals surface area contributed by atoms with Crippen molar-refractivity contribution in [1.29, 1.82) is 0 Å². The maximum Gasteiger partial charge on any atom is 0.166 e. The second-order valence-corrected chi connectivity index (χ2v) is 4.54. The molecule has 1 aliphatic rings. The minimum Gasteiger partial charge on any atom is -0.493 e. The topological polar surface area (TPSA) is 30.5 Å². The van der Waals surface area contributed by atoms with E-state index in [1.807, 2.05) is 19.9 Å². The van der Waals surface area contributed by atoms with Gasteiger partial charge in [0.2, 0.25) is 0 Å². The van der Waals surface area contributed by atoms with Gasteiger partial charge < -0.3 is 14.8 Å². The van der Waals surface area contributed by atoms with Crippen LogP contribution in [0.3, 0.4) is 0 Å². The van der Waals surface area contributed by atoms with Crippen LogP contribution in [0.15, 0.2) is 12.1 Å². The summed E-state index contributed by atoms with van der Waals surface area (Å²) >= 11 is 0. The first-order valence-electron chi connectivity index (χ1n) is 5.75. The molecule has 1 N–H and O–H groups in total. The average Bonchev–Trinajstić information content (AvgIpc) is 2.59.